The summed E-state index contributed by atoms with van der Waals surface area (Å²) in [5.41, 5.74) is 1.95. The minimum Gasteiger partial charge on any atom is -0.466 e. The number of aryl methyl sites for hydroxylation is 1. The van der Waals surface area contributed by atoms with Crippen LogP contribution in [0.15, 0.2) is 24.3 Å². The molecule has 22 heavy (non-hydrogen) atoms. The number of hydrogen-bond acceptors (Lipinski definition) is 4. The Morgan fingerprint density at radius 1 is 1.18 bits per heavy atom. The summed E-state index contributed by atoms with van der Waals surface area (Å²) in [6.45, 7) is 2.20. The number of unbranched alkanes of at least 4 members (excludes halogenated alkanes) is 1. The van der Waals surface area contributed by atoms with Crippen molar-refractivity contribution < 1.29 is 14.3 Å². The summed E-state index contributed by atoms with van der Waals surface area (Å²) in [6.07, 6.45) is 2.59. The van der Waals surface area contributed by atoms with Gasteiger partial charge < -0.3 is 9.30 Å². The van der Waals surface area contributed by atoms with Crippen molar-refractivity contribution in [1.29, 1.82) is 0 Å². The van der Waals surface area contributed by atoms with Crippen LogP contribution in [0.5, 0.6) is 0 Å². The van der Waals surface area contributed by atoms with Crippen LogP contribution in [0.1, 0.15) is 38.4 Å². The molecule has 0 spiro atoms. The molecule has 1 aromatic carbocycles. The highest BCUT2D eigenvalue weighted by Gasteiger charge is 2.11. The summed E-state index contributed by atoms with van der Waals surface area (Å²) in [5, 5.41) is 0. The van der Waals surface area contributed by atoms with E-state index in [-0.39, 0.29) is 11.8 Å². The first-order valence-electron chi connectivity index (χ1n) is 7.69. The molecule has 0 fully saturated rings. The Labute approximate surface area is 130 Å². The monoisotopic (exact) mass is 302 g/mol. The van der Waals surface area contributed by atoms with E-state index in [9.17, 15) is 9.59 Å². The van der Waals surface area contributed by atoms with Crippen LogP contribution in [0.4, 0.5) is 0 Å². The molecule has 0 radical (unpaired) electrons. The molecule has 0 unspecified atom stereocenters. The number of imidazole rings is 1. The SMILES string of the molecule is CCOC(=O)CCCCC(=O)Cc1nc2ccccc2n1C. The van der Waals surface area contributed by atoms with Gasteiger partial charge in [-0.1, -0.05) is 12.1 Å². The van der Waals surface area contributed by atoms with Crippen molar-refractivity contribution in [3.63, 3.8) is 0 Å². The fourth-order valence-corrected chi connectivity index (χ4v) is 2.44. The van der Waals surface area contributed by atoms with Crippen molar-refractivity contribution in [2.75, 3.05) is 6.61 Å². The summed E-state index contributed by atoms with van der Waals surface area (Å²) in [7, 11) is 1.93. The van der Waals surface area contributed by atoms with Crippen molar-refractivity contribution in [1.82, 2.24) is 9.55 Å². The van der Waals surface area contributed by atoms with E-state index in [2.05, 4.69) is 4.98 Å². The van der Waals surface area contributed by atoms with Crippen molar-refractivity contribution >= 4 is 22.8 Å². The number of para-hydroxylation sites is 2. The number of rotatable bonds is 8. The third-order valence-electron chi connectivity index (χ3n) is 3.63. The van der Waals surface area contributed by atoms with E-state index < -0.39 is 0 Å². The van der Waals surface area contributed by atoms with E-state index in [1.54, 1.807) is 6.92 Å². The molecule has 2 rings (SSSR count). The summed E-state index contributed by atoms with van der Waals surface area (Å²) >= 11 is 0. The molecule has 0 atom stereocenters. The number of carbonyl (C=O) groups is 2. The molecule has 5 nitrogen and oxygen atoms in total. The second-order valence-electron chi connectivity index (χ2n) is 5.30. The Morgan fingerprint density at radius 3 is 2.64 bits per heavy atom. The number of Topliss-reactive ketones (excluding diaryl/α,β-unsaturated/α-hetero) is 1. The predicted octanol–water partition coefficient (Wildman–Crippen LogP) is 2.81. The minimum absolute atomic E-state index is 0.155. The molecule has 0 aliphatic heterocycles. The maximum absolute atomic E-state index is 12.0. The molecule has 0 aliphatic rings. The van der Waals surface area contributed by atoms with E-state index in [0.29, 0.717) is 38.7 Å². The largest absolute Gasteiger partial charge is 0.466 e. The van der Waals surface area contributed by atoms with Gasteiger partial charge in [-0.2, -0.15) is 0 Å². The normalized spacial score (nSPS) is 10.8. The number of hydrogen-bond donors (Lipinski definition) is 0. The van der Waals surface area contributed by atoms with Crippen LogP contribution < -0.4 is 0 Å². The van der Waals surface area contributed by atoms with Crippen molar-refractivity contribution in [3.05, 3.63) is 30.1 Å². The first-order valence-corrected chi connectivity index (χ1v) is 7.69. The number of aromatic nitrogens is 2. The van der Waals surface area contributed by atoms with Crippen molar-refractivity contribution in [2.45, 2.75) is 39.0 Å². The van der Waals surface area contributed by atoms with Crippen molar-refractivity contribution in [2.24, 2.45) is 7.05 Å². The van der Waals surface area contributed by atoms with Gasteiger partial charge in [-0.15, -0.1) is 0 Å². The van der Waals surface area contributed by atoms with Crippen LogP contribution in [0.2, 0.25) is 0 Å². The lowest BCUT2D eigenvalue weighted by molar-refractivity contribution is -0.143. The summed E-state index contributed by atoms with van der Waals surface area (Å²) in [5.74, 6) is 0.754. The number of carbonyl (C=O) groups excluding carboxylic acids is 2. The van der Waals surface area contributed by atoms with E-state index in [1.165, 1.54) is 0 Å². The molecule has 1 aromatic heterocycles. The lowest BCUT2D eigenvalue weighted by atomic mass is 10.1. The minimum atomic E-state index is -0.190. The molecule has 0 saturated heterocycles. The van der Waals surface area contributed by atoms with Crippen LogP contribution >= 0.6 is 0 Å². The van der Waals surface area contributed by atoms with Gasteiger partial charge in [0.05, 0.1) is 24.1 Å². The topological polar surface area (TPSA) is 61.2 Å². The van der Waals surface area contributed by atoms with Gasteiger partial charge in [0.15, 0.2) is 0 Å². The quantitative estimate of drug-likeness (QED) is 0.555. The zero-order valence-electron chi connectivity index (χ0n) is 13.2. The van der Waals surface area contributed by atoms with E-state index >= 15 is 0 Å². The van der Waals surface area contributed by atoms with Gasteiger partial charge in [0.2, 0.25) is 0 Å². The fraction of sp³-hybridized carbons (Fsp3) is 0.471. The summed E-state index contributed by atoms with van der Waals surface area (Å²) < 4.78 is 6.82. The van der Waals surface area contributed by atoms with Gasteiger partial charge in [0, 0.05) is 19.9 Å². The fourth-order valence-electron chi connectivity index (χ4n) is 2.44. The standard InChI is InChI=1S/C17H22N2O3/c1-3-22-17(21)11-7-4-8-13(20)12-16-18-14-9-5-6-10-15(14)19(16)2/h5-6,9-10H,3-4,7-8,11-12H2,1-2H3. The van der Waals surface area contributed by atoms with Crippen LogP contribution in [0.3, 0.4) is 0 Å². The van der Waals surface area contributed by atoms with Gasteiger partial charge >= 0.3 is 5.97 Å². The van der Waals surface area contributed by atoms with E-state index in [4.69, 9.17) is 4.74 Å². The molecular weight excluding hydrogens is 280 g/mol. The lowest BCUT2D eigenvalue weighted by Crippen LogP contribution is -2.08. The second kappa shape index (κ2) is 7.73. The van der Waals surface area contributed by atoms with E-state index in [1.807, 2.05) is 35.9 Å². The van der Waals surface area contributed by atoms with Gasteiger partial charge in [0.1, 0.15) is 11.6 Å². The Bertz CT molecular complexity index is 661. The molecular formula is C17H22N2O3. The number of nitrogens with zero attached hydrogens (tertiary/aromatic N) is 2. The molecule has 0 amide bonds. The van der Waals surface area contributed by atoms with Gasteiger partial charge in [-0.3, -0.25) is 9.59 Å². The molecule has 0 bridgehead atoms. The number of ketones is 1. The van der Waals surface area contributed by atoms with Crippen molar-refractivity contribution in [3.8, 4) is 0 Å². The molecule has 5 heteroatoms. The Morgan fingerprint density at radius 2 is 1.91 bits per heavy atom. The lowest BCUT2D eigenvalue weighted by Gasteiger charge is -2.03. The molecule has 2 aromatic rings. The first-order chi connectivity index (χ1) is 10.6. The average Bonchev–Trinajstić information content (AvgIpc) is 2.81. The molecule has 0 saturated carbocycles. The van der Waals surface area contributed by atoms with Crippen LogP contribution in [0, 0.1) is 0 Å². The van der Waals surface area contributed by atoms with Crippen LogP contribution in [-0.4, -0.2) is 27.9 Å². The maximum Gasteiger partial charge on any atom is 0.305 e. The van der Waals surface area contributed by atoms with Crippen LogP contribution in [0.25, 0.3) is 11.0 Å². The highest BCUT2D eigenvalue weighted by Crippen LogP contribution is 2.15. The van der Waals surface area contributed by atoms with Crippen LogP contribution in [-0.2, 0) is 27.8 Å². The average molecular weight is 302 g/mol. The van der Waals surface area contributed by atoms with E-state index in [0.717, 1.165) is 16.9 Å². The predicted molar refractivity (Wildman–Crippen MR) is 84.5 cm³/mol. The second-order valence-corrected chi connectivity index (χ2v) is 5.30. The van der Waals surface area contributed by atoms with Gasteiger partial charge in [0.25, 0.3) is 0 Å². The maximum atomic E-state index is 12.0. The summed E-state index contributed by atoms with van der Waals surface area (Å²) in [4.78, 5) is 27.7. The first kappa shape index (κ1) is 16.2. The highest BCUT2D eigenvalue weighted by atomic mass is 16.5. The molecule has 0 aliphatic carbocycles. The smallest absolute Gasteiger partial charge is 0.305 e. The Hall–Kier alpha value is -2.17. The Kier molecular flexibility index (Phi) is 5.69. The zero-order valence-corrected chi connectivity index (χ0v) is 13.2. The summed E-state index contributed by atoms with van der Waals surface area (Å²) in [6, 6.07) is 7.85. The number of fused-ring (bicyclic) bond motifs is 1. The third kappa shape index (κ3) is 4.16. The third-order valence-corrected chi connectivity index (χ3v) is 3.63. The number of ether oxygens (including phenoxy) is 1. The zero-order chi connectivity index (χ0) is 15.9. The molecule has 1 heterocycles. The Balaban J connectivity index is 1.81. The van der Waals surface area contributed by atoms with Gasteiger partial charge in [-0.05, 0) is 31.9 Å². The molecule has 0 N–H and O–H groups in total. The number of benzene rings is 1. The number of esters is 1. The molecule has 118 valence electrons. The van der Waals surface area contributed by atoms with Gasteiger partial charge in [-0.25, -0.2) is 4.98 Å². The highest BCUT2D eigenvalue weighted by molar-refractivity contribution is 5.82.